The van der Waals surface area contributed by atoms with Gasteiger partial charge >= 0.3 is 5.97 Å². The van der Waals surface area contributed by atoms with Gasteiger partial charge in [0.25, 0.3) is 0 Å². The first kappa shape index (κ1) is 12.3. The van der Waals surface area contributed by atoms with Gasteiger partial charge in [0, 0.05) is 11.4 Å². The zero-order valence-electron chi connectivity index (χ0n) is 9.53. The lowest BCUT2D eigenvalue weighted by Crippen LogP contribution is -2.26. The van der Waals surface area contributed by atoms with E-state index >= 15 is 0 Å². The van der Waals surface area contributed by atoms with Crippen LogP contribution in [-0.4, -0.2) is 16.1 Å². The molecule has 2 aromatic rings. The second-order valence-electron chi connectivity index (χ2n) is 4.59. The number of hydrogen-bond donors (Lipinski definition) is 1. The standard InChI is InChI=1S/C12H12ClNO2S/c1-12(2,11(15)16)6-10-14-8-4-3-7(13)5-9(8)17-10/h3-5H,6H2,1-2H3,(H,15,16). The molecule has 0 aliphatic carbocycles. The Morgan fingerprint density at radius 2 is 2.24 bits per heavy atom. The molecule has 0 saturated heterocycles. The zero-order chi connectivity index (χ0) is 12.6. The van der Waals surface area contributed by atoms with Crippen LogP contribution in [0.2, 0.25) is 5.02 Å². The molecule has 0 radical (unpaired) electrons. The fourth-order valence-electron chi connectivity index (χ4n) is 1.48. The van der Waals surface area contributed by atoms with Gasteiger partial charge in [0.05, 0.1) is 20.6 Å². The third-order valence-electron chi connectivity index (χ3n) is 2.57. The molecule has 0 fully saturated rings. The van der Waals surface area contributed by atoms with Gasteiger partial charge in [0.15, 0.2) is 0 Å². The summed E-state index contributed by atoms with van der Waals surface area (Å²) in [4.78, 5) is 15.5. The van der Waals surface area contributed by atoms with E-state index in [1.54, 1.807) is 19.9 Å². The van der Waals surface area contributed by atoms with E-state index in [4.69, 9.17) is 16.7 Å². The highest BCUT2D eigenvalue weighted by Gasteiger charge is 2.28. The van der Waals surface area contributed by atoms with Gasteiger partial charge in [-0.3, -0.25) is 4.79 Å². The Bertz CT molecular complexity index is 577. The number of thiazole rings is 1. The SMILES string of the molecule is CC(C)(Cc1nc2ccc(Cl)cc2s1)C(=O)O. The summed E-state index contributed by atoms with van der Waals surface area (Å²) in [5, 5.41) is 10.6. The fraction of sp³-hybridized carbons (Fsp3) is 0.333. The Morgan fingerprint density at radius 3 is 2.88 bits per heavy atom. The van der Waals surface area contributed by atoms with Crippen molar-refractivity contribution in [3.05, 3.63) is 28.2 Å². The van der Waals surface area contributed by atoms with E-state index in [0.717, 1.165) is 15.2 Å². The molecule has 0 aliphatic rings. The Morgan fingerprint density at radius 1 is 1.53 bits per heavy atom. The Balaban J connectivity index is 2.34. The summed E-state index contributed by atoms with van der Waals surface area (Å²) in [5.41, 5.74) is 0.0769. The van der Waals surface area contributed by atoms with Crippen molar-refractivity contribution >= 4 is 39.1 Å². The number of halogens is 1. The minimum absolute atomic E-state index is 0.430. The number of nitrogens with zero attached hydrogens (tertiary/aromatic N) is 1. The average Bonchev–Trinajstić information content (AvgIpc) is 2.57. The summed E-state index contributed by atoms with van der Waals surface area (Å²) < 4.78 is 0.994. The van der Waals surface area contributed by atoms with Crippen LogP contribution in [0.4, 0.5) is 0 Å². The normalized spacial score (nSPS) is 11.9. The van der Waals surface area contributed by atoms with Gasteiger partial charge in [-0.15, -0.1) is 11.3 Å². The third kappa shape index (κ3) is 2.58. The van der Waals surface area contributed by atoms with Gasteiger partial charge in [0.2, 0.25) is 0 Å². The molecule has 0 saturated carbocycles. The van der Waals surface area contributed by atoms with Crippen LogP contribution in [0, 0.1) is 5.41 Å². The Hall–Kier alpha value is -1.13. The number of carboxylic acids is 1. The van der Waals surface area contributed by atoms with Crippen LogP contribution in [0.3, 0.4) is 0 Å². The largest absolute Gasteiger partial charge is 0.481 e. The number of hydrogen-bond acceptors (Lipinski definition) is 3. The lowest BCUT2D eigenvalue weighted by atomic mass is 9.90. The molecule has 5 heteroatoms. The molecule has 0 amide bonds. The molecule has 1 aromatic carbocycles. The Labute approximate surface area is 108 Å². The van der Waals surface area contributed by atoms with Gasteiger partial charge in [-0.05, 0) is 32.0 Å². The topological polar surface area (TPSA) is 50.2 Å². The van der Waals surface area contributed by atoms with E-state index in [1.807, 2.05) is 12.1 Å². The van der Waals surface area contributed by atoms with Gasteiger partial charge in [0.1, 0.15) is 0 Å². The van der Waals surface area contributed by atoms with Crippen LogP contribution < -0.4 is 0 Å². The first-order valence-electron chi connectivity index (χ1n) is 5.17. The van der Waals surface area contributed by atoms with Crippen molar-refractivity contribution in [1.82, 2.24) is 4.98 Å². The van der Waals surface area contributed by atoms with Crippen molar-refractivity contribution in [3.8, 4) is 0 Å². The second kappa shape index (κ2) is 4.27. The van der Waals surface area contributed by atoms with Gasteiger partial charge < -0.3 is 5.11 Å². The second-order valence-corrected chi connectivity index (χ2v) is 6.14. The lowest BCUT2D eigenvalue weighted by molar-refractivity contribution is -0.146. The number of carbonyl (C=O) groups is 1. The van der Waals surface area contributed by atoms with Gasteiger partial charge in [-0.2, -0.15) is 0 Å². The molecule has 0 unspecified atom stereocenters. The molecule has 1 N–H and O–H groups in total. The van der Waals surface area contributed by atoms with Crippen molar-refractivity contribution in [2.24, 2.45) is 5.41 Å². The molecular weight excluding hydrogens is 258 g/mol. The molecule has 0 bridgehead atoms. The van der Waals surface area contributed by atoms with Crippen molar-refractivity contribution in [3.63, 3.8) is 0 Å². The highest BCUT2D eigenvalue weighted by molar-refractivity contribution is 7.18. The molecule has 90 valence electrons. The minimum atomic E-state index is -0.810. The van der Waals surface area contributed by atoms with Crippen LogP contribution in [0.15, 0.2) is 18.2 Å². The first-order valence-corrected chi connectivity index (χ1v) is 6.36. The Kier molecular flexibility index (Phi) is 3.10. The first-order chi connectivity index (χ1) is 7.88. The van der Waals surface area contributed by atoms with Crippen LogP contribution in [-0.2, 0) is 11.2 Å². The predicted molar refractivity (Wildman–Crippen MR) is 69.8 cm³/mol. The summed E-state index contributed by atoms with van der Waals surface area (Å²) in [6.07, 6.45) is 0.430. The minimum Gasteiger partial charge on any atom is -0.481 e. The summed E-state index contributed by atoms with van der Waals surface area (Å²) in [6.45, 7) is 3.41. The molecule has 0 aliphatic heterocycles. The number of rotatable bonds is 3. The highest BCUT2D eigenvalue weighted by atomic mass is 35.5. The van der Waals surface area contributed by atoms with Crippen molar-refractivity contribution < 1.29 is 9.90 Å². The number of benzene rings is 1. The van der Waals surface area contributed by atoms with E-state index in [9.17, 15) is 4.79 Å². The highest BCUT2D eigenvalue weighted by Crippen LogP contribution is 2.30. The number of aliphatic carboxylic acids is 1. The van der Waals surface area contributed by atoms with Gasteiger partial charge in [-0.25, -0.2) is 4.98 Å². The number of carboxylic acid groups (broad SMARTS) is 1. The van der Waals surface area contributed by atoms with Crippen LogP contribution in [0.25, 0.3) is 10.2 Å². The quantitative estimate of drug-likeness (QED) is 0.926. The van der Waals surface area contributed by atoms with E-state index in [2.05, 4.69) is 4.98 Å². The van der Waals surface area contributed by atoms with Crippen molar-refractivity contribution in [1.29, 1.82) is 0 Å². The smallest absolute Gasteiger partial charge is 0.309 e. The van der Waals surface area contributed by atoms with E-state index < -0.39 is 11.4 Å². The predicted octanol–water partition coefficient (Wildman–Crippen LogP) is 3.60. The van der Waals surface area contributed by atoms with Crippen LogP contribution in [0.1, 0.15) is 18.9 Å². The summed E-state index contributed by atoms with van der Waals surface area (Å²) in [5.74, 6) is -0.810. The average molecular weight is 270 g/mol. The summed E-state index contributed by atoms with van der Waals surface area (Å²) in [7, 11) is 0. The van der Waals surface area contributed by atoms with Crippen molar-refractivity contribution in [2.75, 3.05) is 0 Å². The molecule has 2 rings (SSSR count). The van der Waals surface area contributed by atoms with E-state index in [1.165, 1.54) is 11.3 Å². The molecule has 17 heavy (non-hydrogen) atoms. The van der Waals surface area contributed by atoms with Crippen LogP contribution in [0.5, 0.6) is 0 Å². The van der Waals surface area contributed by atoms with Crippen LogP contribution >= 0.6 is 22.9 Å². The molecule has 3 nitrogen and oxygen atoms in total. The molecular formula is C12H12ClNO2S. The van der Waals surface area contributed by atoms with E-state index in [0.29, 0.717) is 11.4 Å². The third-order valence-corrected chi connectivity index (χ3v) is 3.82. The van der Waals surface area contributed by atoms with Gasteiger partial charge in [-0.1, -0.05) is 11.6 Å². The fourth-order valence-corrected chi connectivity index (χ4v) is 2.95. The maximum absolute atomic E-state index is 11.1. The monoisotopic (exact) mass is 269 g/mol. The molecule has 1 heterocycles. The maximum Gasteiger partial charge on any atom is 0.309 e. The molecule has 0 atom stereocenters. The maximum atomic E-state index is 11.1. The number of fused-ring (bicyclic) bond motifs is 1. The summed E-state index contributed by atoms with van der Waals surface area (Å²) in [6, 6.07) is 5.49. The lowest BCUT2D eigenvalue weighted by Gasteiger charge is -2.16. The molecule has 1 aromatic heterocycles. The molecule has 0 spiro atoms. The van der Waals surface area contributed by atoms with E-state index in [-0.39, 0.29) is 0 Å². The number of aromatic nitrogens is 1. The zero-order valence-corrected chi connectivity index (χ0v) is 11.1. The summed E-state index contributed by atoms with van der Waals surface area (Å²) >= 11 is 7.39. The van der Waals surface area contributed by atoms with Crippen molar-refractivity contribution in [2.45, 2.75) is 20.3 Å².